The van der Waals surface area contributed by atoms with Gasteiger partial charge in [-0.05, 0) is 64.1 Å². The van der Waals surface area contributed by atoms with Crippen LogP contribution in [0.15, 0.2) is 60.7 Å². The van der Waals surface area contributed by atoms with Crippen LogP contribution in [0.25, 0.3) is 22.3 Å². The maximum atomic E-state index is 11.0. The first-order valence-electron chi connectivity index (χ1n) is 7.79. The number of benzene rings is 3. The van der Waals surface area contributed by atoms with Crippen molar-refractivity contribution in [1.29, 1.82) is 0 Å². The van der Waals surface area contributed by atoms with Crippen molar-refractivity contribution < 1.29 is 14.6 Å². The van der Waals surface area contributed by atoms with Gasteiger partial charge in [0.1, 0.15) is 5.75 Å². The van der Waals surface area contributed by atoms with Gasteiger partial charge in [-0.25, -0.2) is 4.79 Å². The minimum atomic E-state index is -0.903. The molecule has 3 heteroatoms. The van der Waals surface area contributed by atoms with E-state index in [0.717, 1.165) is 23.3 Å². The molecule has 0 fully saturated rings. The van der Waals surface area contributed by atoms with Gasteiger partial charge in [0.2, 0.25) is 0 Å². The zero-order chi connectivity index (χ0) is 16.7. The predicted molar refractivity (Wildman–Crippen MR) is 93.6 cm³/mol. The number of carboxylic acids is 1. The van der Waals surface area contributed by atoms with E-state index in [1.54, 1.807) is 19.2 Å². The Bertz CT molecular complexity index is 940. The fourth-order valence-corrected chi connectivity index (χ4v) is 3.30. The maximum absolute atomic E-state index is 11.0. The smallest absolute Gasteiger partial charge is 0.335 e. The van der Waals surface area contributed by atoms with Crippen LogP contribution in [0.1, 0.15) is 21.5 Å². The maximum Gasteiger partial charge on any atom is 0.335 e. The first-order chi connectivity index (χ1) is 11.7. The summed E-state index contributed by atoms with van der Waals surface area (Å²) in [5.74, 6) is -0.0223. The van der Waals surface area contributed by atoms with Gasteiger partial charge in [0.15, 0.2) is 0 Å². The lowest BCUT2D eigenvalue weighted by molar-refractivity contribution is 0.0697. The third-order valence-electron chi connectivity index (χ3n) is 4.55. The molecule has 0 unspecified atom stereocenters. The van der Waals surface area contributed by atoms with Gasteiger partial charge in [-0.15, -0.1) is 0 Å². The molecule has 3 nitrogen and oxygen atoms in total. The number of rotatable bonds is 3. The second-order valence-corrected chi connectivity index (χ2v) is 5.95. The topological polar surface area (TPSA) is 46.5 Å². The van der Waals surface area contributed by atoms with Crippen molar-refractivity contribution in [2.75, 3.05) is 7.11 Å². The zero-order valence-electron chi connectivity index (χ0n) is 13.2. The first kappa shape index (κ1) is 14.5. The highest BCUT2D eigenvalue weighted by molar-refractivity contribution is 5.88. The van der Waals surface area contributed by atoms with Gasteiger partial charge in [-0.3, -0.25) is 0 Å². The Morgan fingerprint density at radius 1 is 0.875 bits per heavy atom. The molecule has 0 spiro atoms. The van der Waals surface area contributed by atoms with E-state index in [0.29, 0.717) is 5.56 Å². The summed E-state index contributed by atoms with van der Waals surface area (Å²) in [5.41, 5.74) is 7.53. The normalized spacial score (nSPS) is 11.7. The van der Waals surface area contributed by atoms with E-state index in [2.05, 4.69) is 30.3 Å². The second-order valence-electron chi connectivity index (χ2n) is 5.95. The average molecular weight is 316 g/mol. The number of hydrogen-bond acceptors (Lipinski definition) is 2. The Hall–Kier alpha value is -3.07. The predicted octanol–water partition coefficient (Wildman–Crippen LogP) is 4.63. The van der Waals surface area contributed by atoms with Gasteiger partial charge in [0, 0.05) is 0 Å². The Labute approximate surface area is 140 Å². The minimum Gasteiger partial charge on any atom is -0.497 e. The third-order valence-corrected chi connectivity index (χ3v) is 4.55. The SMILES string of the molecule is COc1ccc2c(c1)Cc1cc(-c3ccc(C(=O)O)cc3)ccc1-2. The molecule has 0 aliphatic heterocycles. The molecule has 0 radical (unpaired) electrons. The van der Waals surface area contributed by atoms with Gasteiger partial charge in [-0.2, -0.15) is 0 Å². The van der Waals surface area contributed by atoms with Crippen molar-refractivity contribution in [3.63, 3.8) is 0 Å². The van der Waals surface area contributed by atoms with Crippen molar-refractivity contribution >= 4 is 5.97 Å². The van der Waals surface area contributed by atoms with E-state index in [4.69, 9.17) is 9.84 Å². The Kier molecular flexibility index (Phi) is 3.35. The van der Waals surface area contributed by atoms with Crippen LogP contribution < -0.4 is 4.74 Å². The molecule has 0 heterocycles. The molecule has 4 rings (SSSR count). The summed E-state index contributed by atoms with van der Waals surface area (Å²) in [6, 6.07) is 19.6. The molecule has 118 valence electrons. The summed E-state index contributed by atoms with van der Waals surface area (Å²) in [7, 11) is 1.68. The molecular formula is C21H16O3. The van der Waals surface area contributed by atoms with Gasteiger partial charge < -0.3 is 9.84 Å². The van der Waals surface area contributed by atoms with Gasteiger partial charge in [0.05, 0.1) is 12.7 Å². The first-order valence-corrected chi connectivity index (χ1v) is 7.79. The van der Waals surface area contributed by atoms with Gasteiger partial charge in [0.25, 0.3) is 0 Å². The number of methoxy groups -OCH3 is 1. The lowest BCUT2D eigenvalue weighted by Gasteiger charge is -2.06. The van der Waals surface area contributed by atoms with Crippen molar-refractivity contribution in [3.8, 4) is 28.0 Å². The minimum absolute atomic E-state index is 0.305. The van der Waals surface area contributed by atoms with Gasteiger partial charge in [-0.1, -0.05) is 36.4 Å². The van der Waals surface area contributed by atoms with E-state index in [-0.39, 0.29) is 0 Å². The number of ether oxygens (including phenoxy) is 1. The summed E-state index contributed by atoms with van der Waals surface area (Å²) in [6.45, 7) is 0. The van der Waals surface area contributed by atoms with Crippen LogP contribution >= 0.6 is 0 Å². The molecule has 0 aromatic heterocycles. The van der Waals surface area contributed by atoms with Crippen LogP contribution in [-0.4, -0.2) is 18.2 Å². The van der Waals surface area contributed by atoms with Crippen LogP contribution in [0.4, 0.5) is 0 Å². The molecule has 0 atom stereocenters. The number of hydrogen-bond donors (Lipinski definition) is 1. The molecular weight excluding hydrogens is 300 g/mol. The molecule has 1 N–H and O–H groups in total. The zero-order valence-corrected chi connectivity index (χ0v) is 13.2. The van der Waals surface area contributed by atoms with E-state index >= 15 is 0 Å². The summed E-state index contributed by atoms with van der Waals surface area (Å²) < 4.78 is 5.31. The second kappa shape index (κ2) is 5.53. The van der Waals surface area contributed by atoms with Crippen LogP contribution in [-0.2, 0) is 6.42 Å². The number of carbonyl (C=O) groups is 1. The standard InChI is InChI=1S/C21H16O3/c1-24-18-7-9-20-17(12-18)11-16-10-15(6-8-19(16)20)13-2-4-14(5-3-13)21(22)23/h2-10,12H,11H2,1H3,(H,22,23). The summed E-state index contributed by atoms with van der Waals surface area (Å²) >= 11 is 0. The van der Waals surface area contributed by atoms with Crippen LogP contribution in [0, 0.1) is 0 Å². The summed E-state index contributed by atoms with van der Waals surface area (Å²) in [4.78, 5) is 11.0. The molecule has 0 amide bonds. The molecule has 0 saturated carbocycles. The van der Waals surface area contributed by atoms with Crippen molar-refractivity contribution in [3.05, 3.63) is 77.4 Å². The van der Waals surface area contributed by atoms with Crippen molar-refractivity contribution in [2.45, 2.75) is 6.42 Å². The fraction of sp³-hybridized carbons (Fsp3) is 0.0952. The van der Waals surface area contributed by atoms with Crippen LogP contribution in [0.2, 0.25) is 0 Å². The fourth-order valence-electron chi connectivity index (χ4n) is 3.30. The number of carboxylic acid groups (broad SMARTS) is 1. The highest BCUT2D eigenvalue weighted by Crippen LogP contribution is 2.40. The molecule has 0 saturated heterocycles. The quantitative estimate of drug-likeness (QED) is 0.599. The van der Waals surface area contributed by atoms with E-state index in [1.165, 1.54) is 22.3 Å². The lowest BCUT2D eigenvalue weighted by atomic mass is 9.98. The molecule has 0 bridgehead atoms. The van der Waals surface area contributed by atoms with E-state index < -0.39 is 5.97 Å². The summed E-state index contributed by atoms with van der Waals surface area (Å²) in [5, 5.41) is 9.01. The monoisotopic (exact) mass is 316 g/mol. The Balaban J connectivity index is 1.71. The van der Waals surface area contributed by atoms with Gasteiger partial charge >= 0.3 is 5.97 Å². The molecule has 3 aromatic carbocycles. The summed E-state index contributed by atoms with van der Waals surface area (Å²) in [6.07, 6.45) is 0.892. The average Bonchev–Trinajstić information content (AvgIpc) is 2.98. The molecule has 24 heavy (non-hydrogen) atoms. The number of aromatic carboxylic acids is 1. The third kappa shape index (κ3) is 2.35. The van der Waals surface area contributed by atoms with E-state index in [1.807, 2.05) is 18.2 Å². The van der Waals surface area contributed by atoms with Crippen LogP contribution in [0.5, 0.6) is 5.75 Å². The lowest BCUT2D eigenvalue weighted by Crippen LogP contribution is -1.95. The largest absolute Gasteiger partial charge is 0.497 e. The Morgan fingerprint density at radius 2 is 1.50 bits per heavy atom. The van der Waals surface area contributed by atoms with Crippen molar-refractivity contribution in [2.24, 2.45) is 0 Å². The molecule has 1 aliphatic carbocycles. The number of fused-ring (bicyclic) bond motifs is 3. The highest BCUT2D eigenvalue weighted by atomic mass is 16.5. The van der Waals surface area contributed by atoms with Crippen molar-refractivity contribution in [1.82, 2.24) is 0 Å². The van der Waals surface area contributed by atoms with E-state index in [9.17, 15) is 4.79 Å². The van der Waals surface area contributed by atoms with Crippen LogP contribution in [0.3, 0.4) is 0 Å². The molecule has 3 aromatic rings. The molecule has 1 aliphatic rings. The Morgan fingerprint density at radius 3 is 2.17 bits per heavy atom. The highest BCUT2D eigenvalue weighted by Gasteiger charge is 2.19.